The van der Waals surface area contributed by atoms with Crippen LogP contribution in [0.15, 0.2) is 0 Å². The van der Waals surface area contributed by atoms with Gasteiger partial charge >= 0.3 is 0 Å². The molecule has 87 valence electrons. The van der Waals surface area contributed by atoms with E-state index in [0.717, 1.165) is 25.6 Å². The first-order valence-corrected chi connectivity index (χ1v) is 6.19. The number of hydrogen-bond acceptors (Lipinski definition) is 3. The zero-order valence-electron chi connectivity index (χ0n) is 9.47. The maximum atomic E-state index is 5.46. The van der Waals surface area contributed by atoms with E-state index in [1.807, 2.05) is 0 Å². The molecule has 0 bridgehead atoms. The molecule has 0 heterocycles. The van der Waals surface area contributed by atoms with Gasteiger partial charge in [0.1, 0.15) is 0 Å². The van der Waals surface area contributed by atoms with Gasteiger partial charge in [0.2, 0.25) is 0 Å². The zero-order chi connectivity index (χ0) is 10.6. The summed E-state index contributed by atoms with van der Waals surface area (Å²) in [6.07, 6.45) is 5.23. The minimum atomic E-state index is 0.112. The Bertz CT molecular complexity index is 187. The summed E-state index contributed by atoms with van der Waals surface area (Å²) < 4.78 is 0. The molecule has 2 aliphatic carbocycles. The van der Waals surface area contributed by atoms with Crippen LogP contribution in [0.4, 0.5) is 0 Å². The molecule has 2 fully saturated rings. The third kappa shape index (κ3) is 4.07. The van der Waals surface area contributed by atoms with Crippen LogP contribution in [-0.4, -0.2) is 38.4 Å². The minimum absolute atomic E-state index is 0.112. The van der Waals surface area contributed by atoms with Crippen LogP contribution in [0.1, 0.15) is 25.7 Å². The summed E-state index contributed by atoms with van der Waals surface area (Å²) >= 11 is 0. The Morgan fingerprint density at radius 2 is 2.07 bits per heavy atom. The Morgan fingerprint density at radius 3 is 2.67 bits per heavy atom. The highest BCUT2D eigenvalue weighted by molar-refractivity contribution is 4.99. The van der Waals surface area contributed by atoms with E-state index >= 15 is 0 Å². The summed E-state index contributed by atoms with van der Waals surface area (Å²) in [6, 6.07) is 0. The first-order chi connectivity index (χ1) is 7.35. The highest BCUT2D eigenvalue weighted by atomic mass is 15.2. The first kappa shape index (κ1) is 11.3. The highest BCUT2D eigenvalue weighted by Gasteiger charge is 2.42. The van der Waals surface area contributed by atoms with Gasteiger partial charge in [0, 0.05) is 26.2 Å². The van der Waals surface area contributed by atoms with E-state index in [0.29, 0.717) is 6.54 Å². The fraction of sp³-hybridized carbons (Fsp3) is 1.00. The monoisotopic (exact) mass is 211 g/mol. The molecule has 1 radical (unpaired) electrons. The molecule has 0 aromatic rings. The molecule has 15 heavy (non-hydrogen) atoms. The number of hydrogen-bond donors (Lipinski definition) is 3. The van der Waals surface area contributed by atoms with Crippen molar-refractivity contribution in [2.45, 2.75) is 31.3 Å². The second-order valence-electron chi connectivity index (χ2n) is 4.78. The van der Waals surface area contributed by atoms with Gasteiger partial charge in [0.15, 0.2) is 0 Å². The second-order valence-corrected chi connectivity index (χ2v) is 4.78. The summed E-state index contributed by atoms with van der Waals surface area (Å²) in [7, 11) is 0. The van der Waals surface area contributed by atoms with Gasteiger partial charge in [0.05, 0.1) is 5.66 Å². The molecule has 2 aliphatic rings. The Labute approximate surface area is 92.4 Å². The molecule has 0 unspecified atom stereocenters. The lowest BCUT2D eigenvalue weighted by atomic mass is 10.4. The Balaban J connectivity index is 1.45. The van der Waals surface area contributed by atoms with Crippen molar-refractivity contribution in [3.63, 3.8) is 0 Å². The number of nitrogens with two attached hydrogens (primary N) is 1. The van der Waals surface area contributed by atoms with Gasteiger partial charge in [0.25, 0.3) is 0 Å². The molecule has 0 spiro atoms. The average Bonchev–Trinajstić information content (AvgIpc) is 3.11. The van der Waals surface area contributed by atoms with E-state index in [-0.39, 0.29) is 5.66 Å². The third-order valence-corrected chi connectivity index (χ3v) is 3.15. The summed E-state index contributed by atoms with van der Waals surface area (Å²) in [4.78, 5) is 0. The summed E-state index contributed by atoms with van der Waals surface area (Å²) in [5.41, 5.74) is 5.58. The normalized spacial score (nSPS) is 23.0. The topological polar surface area (TPSA) is 64.2 Å². The number of rotatable bonds is 9. The SMILES string of the molecule is NCCNC1([N]CCNCC2CC2)CC1. The number of nitrogens with zero attached hydrogens (tertiary/aromatic N) is 1. The van der Waals surface area contributed by atoms with Crippen LogP contribution in [0.3, 0.4) is 0 Å². The average molecular weight is 211 g/mol. The van der Waals surface area contributed by atoms with E-state index in [4.69, 9.17) is 11.1 Å². The van der Waals surface area contributed by atoms with Gasteiger partial charge < -0.3 is 11.1 Å². The summed E-state index contributed by atoms with van der Waals surface area (Å²) in [5.74, 6) is 0.968. The first-order valence-electron chi connectivity index (χ1n) is 6.19. The van der Waals surface area contributed by atoms with Crippen molar-refractivity contribution in [2.75, 3.05) is 32.7 Å². The molecule has 2 saturated carbocycles. The van der Waals surface area contributed by atoms with Gasteiger partial charge in [-0.2, -0.15) is 0 Å². The molecule has 0 aromatic heterocycles. The lowest BCUT2D eigenvalue weighted by molar-refractivity contribution is 0.398. The van der Waals surface area contributed by atoms with Crippen LogP contribution >= 0.6 is 0 Å². The molecule has 0 atom stereocenters. The molecule has 4 N–H and O–H groups in total. The van der Waals surface area contributed by atoms with Crippen molar-refractivity contribution in [1.82, 2.24) is 16.0 Å². The standard InChI is InChI=1S/C11H23N4/c12-5-6-14-11(3-4-11)15-8-7-13-9-10-1-2-10/h10,13-14H,1-9,12H2. The fourth-order valence-corrected chi connectivity index (χ4v) is 1.79. The van der Waals surface area contributed by atoms with Crippen molar-refractivity contribution in [3.05, 3.63) is 0 Å². The van der Waals surface area contributed by atoms with Crippen molar-refractivity contribution >= 4 is 0 Å². The maximum Gasteiger partial charge on any atom is 0.0852 e. The Morgan fingerprint density at radius 1 is 1.27 bits per heavy atom. The fourth-order valence-electron chi connectivity index (χ4n) is 1.79. The van der Waals surface area contributed by atoms with Crippen LogP contribution < -0.4 is 21.7 Å². The quantitative estimate of drug-likeness (QED) is 0.456. The smallest absolute Gasteiger partial charge is 0.0852 e. The van der Waals surface area contributed by atoms with Crippen molar-refractivity contribution in [2.24, 2.45) is 11.7 Å². The summed E-state index contributed by atoms with van der Waals surface area (Å²) in [6.45, 7) is 4.75. The molecule has 4 heteroatoms. The van der Waals surface area contributed by atoms with Crippen LogP contribution in [0, 0.1) is 5.92 Å². The van der Waals surface area contributed by atoms with Gasteiger partial charge in [-0.3, -0.25) is 5.32 Å². The lowest BCUT2D eigenvalue weighted by Crippen LogP contribution is -2.44. The summed E-state index contributed by atoms with van der Waals surface area (Å²) in [5, 5.41) is 11.6. The van der Waals surface area contributed by atoms with Crippen molar-refractivity contribution in [3.8, 4) is 0 Å². The van der Waals surface area contributed by atoms with Crippen LogP contribution in [0.25, 0.3) is 0 Å². The molecule has 0 saturated heterocycles. The van der Waals surface area contributed by atoms with Gasteiger partial charge in [-0.15, -0.1) is 0 Å². The van der Waals surface area contributed by atoms with Crippen molar-refractivity contribution in [1.29, 1.82) is 0 Å². The number of nitrogens with one attached hydrogen (secondary N) is 2. The molecular formula is C11H23N4. The predicted octanol–water partition coefficient (Wildman–Crippen LogP) is -0.371. The minimum Gasteiger partial charge on any atom is -0.329 e. The largest absolute Gasteiger partial charge is 0.329 e. The molecule has 0 aliphatic heterocycles. The second kappa shape index (κ2) is 5.25. The van der Waals surface area contributed by atoms with E-state index in [1.54, 1.807) is 0 Å². The van der Waals surface area contributed by atoms with Crippen molar-refractivity contribution < 1.29 is 0 Å². The molecule has 0 amide bonds. The van der Waals surface area contributed by atoms with Crippen LogP contribution in [-0.2, 0) is 0 Å². The maximum absolute atomic E-state index is 5.46. The molecule has 2 rings (SSSR count). The Hall–Kier alpha value is -0.160. The van der Waals surface area contributed by atoms with E-state index in [1.165, 1.54) is 32.2 Å². The molecular weight excluding hydrogens is 188 g/mol. The zero-order valence-corrected chi connectivity index (χ0v) is 9.47. The van der Waals surface area contributed by atoms with E-state index < -0.39 is 0 Å². The van der Waals surface area contributed by atoms with Gasteiger partial charge in [-0.25, -0.2) is 5.32 Å². The van der Waals surface area contributed by atoms with Crippen LogP contribution in [0.5, 0.6) is 0 Å². The Kier molecular flexibility index (Phi) is 3.97. The van der Waals surface area contributed by atoms with E-state index in [9.17, 15) is 0 Å². The predicted molar refractivity (Wildman–Crippen MR) is 61.6 cm³/mol. The highest BCUT2D eigenvalue weighted by Crippen LogP contribution is 2.32. The van der Waals surface area contributed by atoms with Gasteiger partial charge in [-0.1, -0.05) is 0 Å². The lowest BCUT2D eigenvalue weighted by Gasteiger charge is -2.16. The van der Waals surface area contributed by atoms with Gasteiger partial charge in [-0.05, 0) is 38.1 Å². The molecule has 4 nitrogen and oxygen atoms in total. The van der Waals surface area contributed by atoms with E-state index in [2.05, 4.69) is 10.6 Å². The molecule has 0 aromatic carbocycles. The third-order valence-electron chi connectivity index (χ3n) is 3.15. The van der Waals surface area contributed by atoms with Crippen LogP contribution in [0.2, 0.25) is 0 Å².